The molecule has 230 valence electrons. The van der Waals surface area contributed by atoms with Crippen molar-refractivity contribution in [2.45, 2.75) is 59.1 Å². The number of anilines is 1. The van der Waals surface area contributed by atoms with Crippen LogP contribution in [0.4, 0.5) is 15.0 Å². The molecule has 11 nitrogen and oxygen atoms in total. The highest BCUT2D eigenvalue weighted by Gasteiger charge is 2.38. The second-order valence-corrected chi connectivity index (χ2v) is 12.5. The van der Waals surface area contributed by atoms with Gasteiger partial charge in [0.25, 0.3) is 0 Å². The highest BCUT2D eigenvalue weighted by molar-refractivity contribution is 5.96. The molecule has 0 aliphatic carbocycles. The number of nitrogens with zero attached hydrogens (tertiary/aromatic N) is 6. The molecule has 6 rings (SSSR count). The summed E-state index contributed by atoms with van der Waals surface area (Å²) in [6.07, 6.45) is 1.26. The first-order chi connectivity index (χ1) is 20.8. The predicted octanol–water partition coefficient (Wildman–Crippen LogP) is 4.94. The number of hydrogen-bond acceptors (Lipinski definition) is 9. The van der Waals surface area contributed by atoms with E-state index >= 15 is 4.39 Å². The average molecular weight is 603 g/mol. The van der Waals surface area contributed by atoms with Crippen molar-refractivity contribution in [2.75, 3.05) is 31.1 Å². The van der Waals surface area contributed by atoms with Gasteiger partial charge in [0.2, 0.25) is 0 Å². The molecule has 5 heterocycles. The molecule has 44 heavy (non-hydrogen) atoms. The van der Waals surface area contributed by atoms with Crippen molar-refractivity contribution in [1.29, 1.82) is 0 Å². The monoisotopic (exact) mass is 602 g/mol. The summed E-state index contributed by atoms with van der Waals surface area (Å²) in [5.74, 6) is -0.317. The number of fused-ring (bicyclic) bond motifs is 2. The van der Waals surface area contributed by atoms with Crippen LogP contribution in [0, 0.1) is 12.7 Å². The van der Waals surface area contributed by atoms with E-state index < -0.39 is 23.2 Å². The Morgan fingerprint density at radius 3 is 2.66 bits per heavy atom. The Labute approximate surface area is 253 Å². The van der Waals surface area contributed by atoms with E-state index in [1.807, 2.05) is 46.4 Å². The van der Waals surface area contributed by atoms with Gasteiger partial charge in [-0.25, -0.2) is 23.5 Å². The van der Waals surface area contributed by atoms with Gasteiger partial charge in [0.1, 0.15) is 40.7 Å². The van der Waals surface area contributed by atoms with Crippen molar-refractivity contribution in [3.63, 3.8) is 0 Å². The van der Waals surface area contributed by atoms with E-state index in [-0.39, 0.29) is 47.8 Å². The van der Waals surface area contributed by atoms with Gasteiger partial charge in [0.05, 0.1) is 28.7 Å². The summed E-state index contributed by atoms with van der Waals surface area (Å²) in [5, 5.41) is 11.1. The number of amides is 1. The Kier molecular flexibility index (Phi) is 7.17. The van der Waals surface area contributed by atoms with E-state index in [2.05, 4.69) is 9.97 Å². The molecule has 0 bridgehead atoms. The molecule has 2 aliphatic rings. The third-order valence-corrected chi connectivity index (χ3v) is 7.80. The van der Waals surface area contributed by atoms with Gasteiger partial charge in [-0.05, 0) is 57.4 Å². The summed E-state index contributed by atoms with van der Waals surface area (Å²) in [5.41, 5.74) is 0.928. The zero-order chi connectivity index (χ0) is 31.5. The first-order valence-corrected chi connectivity index (χ1v) is 14.6. The van der Waals surface area contributed by atoms with Crippen LogP contribution >= 0.6 is 0 Å². The Hall–Kier alpha value is -4.74. The maximum absolute atomic E-state index is 15.2. The summed E-state index contributed by atoms with van der Waals surface area (Å²) >= 11 is 0. The Morgan fingerprint density at radius 2 is 1.95 bits per heavy atom. The third-order valence-electron chi connectivity index (χ3n) is 7.80. The minimum absolute atomic E-state index is 0.0398. The van der Waals surface area contributed by atoms with Crippen molar-refractivity contribution >= 4 is 22.9 Å². The number of phenolic OH excluding ortho intramolecular Hbond substituents is 1. The zero-order valence-corrected chi connectivity index (χ0v) is 25.6. The van der Waals surface area contributed by atoms with Gasteiger partial charge in [-0.1, -0.05) is 19.9 Å². The third kappa shape index (κ3) is 5.07. The van der Waals surface area contributed by atoms with Crippen LogP contribution in [-0.4, -0.2) is 73.5 Å². The molecule has 1 fully saturated rings. The summed E-state index contributed by atoms with van der Waals surface area (Å²) in [4.78, 5) is 44.6. The van der Waals surface area contributed by atoms with Crippen molar-refractivity contribution in [3.05, 3.63) is 64.1 Å². The molecule has 1 saturated heterocycles. The fourth-order valence-electron chi connectivity index (χ4n) is 5.83. The average Bonchev–Trinajstić information content (AvgIpc) is 3.09. The summed E-state index contributed by atoms with van der Waals surface area (Å²) in [6.45, 7) is 12.4. The lowest BCUT2D eigenvalue weighted by Gasteiger charge is -2.41. The van der Waals surface area contributed by atoms with Crippen molar-refractivity contribution in [1.82, 2.24) is 24.4 Å². The van der Waals surface area contributed by atoms with Crippen LogP contribution in [0.25, 0.3) is 28.0 Å². The van der Waals surface area contributed by atoms with E-state index in [4.69, 9.17) is 14.5 Å². The van der Waals surface area contributed by atoms with Crippen molar-refractivity contribution in [3.8, 4) is 28.4 Å². The standard InChI is InChI=1S/C32H35FN6O5/c1-17(2)26-27(18(3)10-11-34-26)39-29-25-23(14-21(35-29)24-20(33)8-7-9-22(24)40)43-16-19-15-37(31(42)44-32(4,5)6)12-13-38(19)28(25)36-30(39)41/h7-11,14,17,19,40H,12-13,15-16H2,1-6H3/t19-/m1/s1. The number of carbonyl (C=O) groups excluding carboxylic acids is 1. The molecule has 3 aromatic heterocycles. The predicted molar refractivity (Wildman–Crippen MR) is 163 cm³/mol. The number of carbonyl (C=O) groups is 1. The fourth-order valence-corrected chi connectivity index (χ4v) is 5.83. The molecule has 0 radical (unpaired) electrons. The molecule has 0 unspecified atom stereocenters. The minimum Gasteiger partial charge on any atom is -0.507 e. The lowest BCUT2D eigenvalue weighted by atomic mass is 10.0. The van der Waals surface area contributed by atoms with Gasteiger partial charge in [-0.15, -0.1) is 0 Å². The molecular formula is C32H35FN6O5. The number of halogens is 1. The largest absolute Gasteiger partial charge is 0.507 e. The number of aromatic nitrogens is 4. The van der Waals surface area contributed by atoms with Gasteiger partial charge in [0, 0.05) is 31.9 Å². The summed E-state index contributed by atoms with van der Waals surface area (Å²) in [6, 6.07) is 7.03. The smallest absolute Gasteiger partial charge is 0.410 e. The molecule has 12 heteroatoms. The Balaban J connectivity index is 1.59. The SMILES string of the molecule is Cc1ccnc(C(C)C)c1-n1c(=O)nc2c3c(cc(-c4c(O)cccc4F)nc31)OC[C@H]1CN(C(=O)OC(C)(C)C)CCN21. The van der Waals surface area contributed by atoms with Crippen LogP contribution in [-0.2, 0) is 4.74 Å². The molecule has 2 aliphatic heterocycles. The molecule has 1 N–H and O–H groups in total. The summed E-state index contributed by atoms with van der Waals surface area (Å²) in [7, 11) is 0. The van der Waals surface area contributed by atoms with Gasteiger partial charge < -0.3 is 24.4 Å². The number of hydrogen-bond donors (Lipinski definition) is 1. The van der Waals surface area contributed by atoms with Crippen molar-refractivity contribution in [2.24, 2.45) is 0 Å². The minimum atomic E-state index is -0.674. The van der Waals surface area contributed by atoms with Crippen LogP contribution < -0.4 is 15.3 Å². The van der Waals surface area contributed by atoms with Crippen LogP contribution in [0.2, 0.25) is 0 Å². The number of phenols is 1. The van der Waals surface area contributed by atoms with E-state index in [1.54, 1.807) is 23.2 Å². The summed E-state index contributed by atoms with van der Waals surface area (Å²) < 4.78 is 28.5. The first kappa shape index (κ1) is 29.3. The number of piperazine rings is 1. The zero-order valence-electron chi connectivity index (χ0n) is 25.6. The van der Waals surface area contributed by atoms with Gasteiger partial charge in [-0.2, -0.15) is 4.98 Å². The van der Waals surface area contributed by atoms with Gasteiger partial charge in [0.15, 0.2) is 5.65 Å². The fraction of sp³-hybridized carbons (Fsp3) is 0.406. The van der Waals surface area contributed by atoms with Gasteiger partial charge >= 0.3 is 11.8 Å². The van der Waals surface area contributed by atoms with E-state index in [0.717, 1.165) is 5.56 Å². The Bertz CT molecular complexity index is 1830. The lowest BCUT2D eigenvalue weighted by molar-refractivity contribution is 0.0202. The number of rotatable bonds is 3. The molecular weight excluding hydrogens is 567 g/mol. The molecule has 4 aromatic rings. The molecule has 1 amide bonds. The Morgan fingerprint density at radius 1 is 1.18 bits per heavy atom. The van der Waals surface area contributed by atoms with Crippen LogP contribution in [0.5, 0.6) is 11.5 Å². The number of aryl methyl sites for hydroxylation is 1. The highest BCUT2D eigenvalue weighted by Crippen LogP contribution is 2.41. The van der Waals surface area contributed by atoms with Crippen LogP contribution in [0.3, 0.4) is 0 Å². The molecule has 0 spiro atoms. The maximum Gasteiger partial charge on any atom is 0.410 e. The normalized spacial score (nSPS) is 16.5. The second-order valence-electron chi connectivity index (χ2n) is 12.5. The number of benzene rings is 1. The highest BCUT2D eigenvalue weighted by atomic mass is 19.1. The van der Waals surface area contributed by atoms with Gasteiger partial charge in [-0.3, -0.25) is 4.98 Å². The number of pyridine rings is 2. The first-order valence-electron chi connectivity index (χ1n) is 14.6. The van der Waals surface area contributed by atoms with E-state index in [1.165, 1.54) is 22.8 Å². The van der Waals surface area contributed by atoms with Crippen LogP contribution in [0.15, 0.2) is 41.3 Å². The topological polar surface area (TPSA) is 123 Å². The number of aromatic hydroxyl groups is 1. The number of ether oxygens (including phenoxy) is 2. The lowest BCUT2D eigenvalue weighted by Crippen LogP contribution is -2.57. The van der Waals surface area contributed by atoms with Crippen molar-refractivity contribution < 1.29 is 23.8 Å². The maximum atomic E-state index is 15.2. The molecule has 0 saturated carbocycles. The van der Waals surface area contributed by atoms with Crippen LogP contribution in [0.1, 0.15) is 51.8 Å². The molecule has 1 atom stereocenters. The van der Waals surface area contributed by atoms with E-state index in [9.17, 15) is 14.7 Å². The quantitative estimate of drug-likeness (QED) is 0.347. The molecule has 1 aromatic carbocycles. The second kappa shape index (κ2) is 10.8. The van der Waals surface area contributed by atoms with E-state index in [0.29, 0.717) is 41.4 Å².